The van der Waals surface area contributed by atoms with Crippen LogP contribution >= 0.6 is 0 Å². The fourth-order valence-electron chi connectivity index (χ4n) is 5.25. The maximum Gasteiger partial charge on any atom is 0.253 e. The second kappa shape index (κ2) is 11.4. The van der Waals surface area contributed by atoms with Gasteiger partial charge in [-0.1, -0.05) is 24.3 Å². The Balaban J connectivity index is 1.47. The van der Waals surface area contributed by atoms with Gasteiger partial charge in [0.2, 0.25) is 0 Å². The van der Waals surface area contributed by atoms with Gasteiger partial charge in [0, 0.05) is 50.8 Å². The third-order valence-electron chi connectivity index (χ3n) is 7.39. The van der Waals surface area contributed by atoms with Crippen molar-refractivity contribution in [3.05, 3.63) is 80.9 Å². The monoisotopic (exact) mass is 517 g/mol. The molecule has 1 fully saturated rings. The second-order valence-electron chi connectivity index (χ2n) is 9.86. The number of ether oxygens (including phenoxy) is 2. The molecule has 10 heteroatoms. The summed E-state index contributed by atoms with van der Waals surface area (Å²) in [5.41, 5.74) is 4.79. The molecule has 0 radical (unpaired) electrons. The lowest BCUT2D eigenvalue weighted by atomic mass is 9.99. The molecule has 0 bridgehead atoms. The summed E-state index contributed by atoms with van der Waals surface area (Å²) in [7, 11) is 3.35. The van der Waals surface area contributed by atoms with Crippen LogP contribution in [-0.4, -0.2) is 82.0 Å². The highest BCUT2D eigenvalue weighted by molar-refractivity contribution is 5.85. The van der Waals surface area contributed by atoms with Crippen molar-refractivity contribution in [2.24, 2.45) is 0 Å². The van der Waals surface area contributed by atoms with Crippen molar-refractivity contribution in [1.82, 2.24) is 35.0 Å². The van der Waals surface area contributed by atoms with E-state index in [9.17, 15) is 4.79 Å². The number of benzene rings is 2. The lowest BCUT2D eigenvalue weighted by Crippen LogP contribution is -2.48. The van der Waals surface area contributed by atoms with Gasteiger partial charge >= 0.3 is 0 Å². The molecule has 200 valence electrons. The van der Waals surface area contributed by atoms with Crippen LogP contribution in [0.2, 0.25) is 0 Å². The number of fused-ring (bicyclic) bond motifs is 1. The number of aromatic nitrogens is 5. The Morgan fingerprint density at radius 1 is 1.03 bits per heavy atom. The summed E-state index contributed by atoms with van der Waals surface area (Å²) >= 11 is 0. The Labute approximate surface area is 222 Å². The Morgan fingerprint density at radius 2 is 1.82 bits per heavy atom. The first-order chi connectivity index (χ1) is 18.5. The molecule has 1 aliphatic rings. The number of tetrazole rings is 1. The zero-order valence-corrected chi connectivity index (χ0v) is 22.5. The van der Waals surface area contributed by atoms with Crippen LogP contribution in [0, 0.1) is 13.8 Å². The van der Waals surface area contributed by atoms with E-state index in [2.05, 4.69) is 55.4 Å². The Bertz CT molecular complexity index is 1460. The molecular formula is C28H35N7O3. The zero-order chi connectivity index (χ0) is 26.6. The summed E-state index contributed by atoms with van der Waals surface area (Å²) in [5.74, 6) is 1.52. The number of piperazine rings is 1. The average molecular weight is 518 g/mol. The fraction of sp³-hybridized carbons (Fsp3) is 0.429. The molecule has 5 rings (SSSR count). The van der Waals surface area contributed by atoms with Crippen molar-refractivity contribution in [3.8, 4) is 5.75 Å². The number of hydrogen-bond acceptors (Lipinski definition) is 8. The van der Waals surface area contributed by atoms with Gasteiger partial charge in [-0.05, 0) is 59.2 Å². The molecule has 0 amide bonds. The van der Waals surface area contributed by atoms with Gasteiger partial charge in [0.05, 0.1) is 25.8 Å². The van der Waals surface area contributed by atoms with Crippen molar-refractivity contribution in [1.29, 1.82) is 0 Å². The number of H-pyrrole nitrogens is 1. The Morgan fingerprint density at radius 3 is 2.58 bits per heavy atom. The number of methoxy groups -OCH3 is 2. The number of pyridine rings is 1. The normalized spacial score (nSPS) is 15.7. The third kappa shape index (κ3) is 5.33. The van der Waals surface area contributed by atoms with Crippen molar-refractivity contribution in [2.45, 2.75) is 33.0 Å². The van der Waals surface area contributed by atoms with Gasteiger partial charge in [-0.2, -0.15) is 0 Å². The largest absolute Gasteiger partial charge is 0.497 e. The van der Waals surface area contributed by atoms with E-state index in [4.69, 9.17) is 9.47 Å². The van der Waals surface area contributed by atoms with Crippen molar-refractivity contribution >= 4 is 10.9 Å². The fourth-order valence-corrected chi connectivity index (χ4v) is 5.25. The van der Waals surface area contributed by atoms with E-state index in [1.54, 1.807) is 18.9 Å². The highest BCUT2D eigenvalue weighted by atomic mass is 16.5. The minimum absolute atomic E-state index is 0.115. The number of aryl methyl sites for hydroxylation is 2. The van der Waals surface area contributed by atoms with E-state index in [1.807, 2.05) is 31.2 Å². The van der Waals surface area contributed by atoms with Crippen LogP contribution in [0.3, 0.4) is 0 Å². The minimum atomic E-state index is -0.381. The first-order valence-electron chi connectivity index (χ1n) is 13.0. The van der Waals surface area contributed by atoms with Crippen LogP contribution < -0.4 is 10.3 Å². The molecule has 3 heterocycles. The van der Waals surface area contributed by atoms with E-state index in [-0.39, 0.29) is 11.6 Å². The van der Waals surface area contributed by atoms with Crippen LogP contribution in [-0.2, 0) is 17.8 Å². The predicted molar refractivity (Wildman–Crippen MR) is 145 cm³/mol. The van der Waals surface area contributed by atoms with Crippen molar-refractivity contribution < 1.29 is 9.47 Å². The molecule has 1 aliphatic heterocycles. The SMILES string of the molecule is COCCn1nnnc1[C@@H](c1cc2c(C)ccc(C)c2[nH]c1=O)N1CCN(Cc2cccc(OC)c2)CC1. The van der Waals surface area contributed by atoms with Gasteiger partial charge in [0.15, 0.2) is 5.82 Å². The Hall–Kier alpha value is -3.60. The molecule has 2 aromatic heterocycles. The maximum absolute atomic E-state index is 13.6. The highest BCUT2D eigenvalue weighted by Crippen LogP contribution is 2.29. The van der Waals surface area contributed by atoms with E-state index in [0.29, 0.717) is 24.5 Å². The smallest absolute Gasteiger partial charge is 0.253 e. The van der Waals surface area contributed by atoms with Crippen molar-refractivity contribution in [3.63, 3.8) is 0 Å². The molecule has 0 saturated carbocycles. The first-order valence-corrected chi connectivity index (χ1v) is 13.0. The molecule has 1 N–H and O–H groups in total. The second-order valence-corrected chi connectivity index (χ2v) is 9.86. The number of aromatic amines is 1. The summed E-state index contributed by atoms with van der Waals surface area (Å²) < 4.78 is 12.4. The molecule has 0 unspecified atom stereocenters. The molecule has 2 aromatic carbocycles. The van der Waals surface area contributed by atoms with Crippen molar-refractivity contribution in [2.75, 3.05) is 47.0 Å². The molecule has 0 aliphatic carbocycles. The standard InChI is InChI=1S/C28H35N7O3/c1-19-8-9-20(2)25-23(19)17-24(28(36)29-25)26(27-30-31-32-35(27)14-15-37-3)34-12-10-33(11-13-34)18-21-6-5-7-22(16-21)38-4/h5-9,16-17,26H,10-15,18H2,1-4H3,(H,29,36)/t26-/m1/s1. The number of rotatable bonds is 9. The maximum atomic E-state index is 13.6. The number of nitrogens with one attached hydrogen (secondary N) is 1. The lowest BCUT2D eigenvalue weighted by Gasteiger charge is -2.38. The van der Waals surface area contributed by atoms with Gasteiger partial charge in [-0.25, -0.2) is 4.68 Å². The summed E-state index contributed by atoms with van der Waals surface area (Å²) in [6.07, 6.45) is 0. The summed E-state index contributed by atoms with van der Waals surface area (Å²) in [6.45, 7) is 9.18. The van der Waals surface area contributed by atoms with Gasteiger partial charge in [0.1, 0.15) is 11.8 Å². The van der Waals surface area contributed by atoms with Crippen LogP contribution in [0.25, 0.3) is 10.9 Å². The van der Waals surface area contributed by atoms with E-state index in [1.165, 1.54) is 5.56 Å². The van der Waals surface area contributed by atoms with Crippen LogP contribution in [0.4, 0.5) is 0 Å². The highest BCUT2D eigenvalue weighted by Gasteiger charge is 2.33. The quantitative estimate of drug-likeness (QED) is 0.362. The third-order valence-corrected chi connectivity index (χ3v) is 7.39. The van der Waals surface area contributed by atoms with Gasteiger partial charge < -0.3 is 14.5 Å². The van der Waals surface area contributed by atoms with Crippen LogP contribution in [0.5, 0.6) is 5.75 Å². The van der Waals surface area contributed by atoms with E-state index in [0.717, 1.165) is 60.5 Å². The number of hydrogen-bond donors (Lipinski definition) is 1. The summed E-state index contributed by atoms with van der Waals surface area (Å²) in [6, 6.07) is 14.0. The van der Waals surface area contributed by atoms with Gasteiger partial charge in [-0.3, -0.25) is 14.6 Å². The topological polar surface area (TPSA) is 101 Å². The summed E-state index contributed by atoms with van der Waals surface area (Å²) in [5, 5.41) is 13.6. The molecule has 10 nitrogen and oxygen atoms in total. The molecular weight excluding hydrogens is 482 g/mol. The Kier molecular flexibility index (Phi) is 7.82. The summed E-state index contributed by atoms with van der Waals surface area (Å²) in [4.78, 5) is 21.5. The van der Waals surface area contributed by atoms with Gasteiger partial charge in [-0.15, -0.1) is 5.10 Å². The molecule has 1 atom stereocenters. The molecule has 38 heavy (non-hydrogen) atoms. The lowest BCUT2D eigenvalue weighted by molar-refractivity contribution is 0.0984. The minimum Gasteiger partial charge on any atom is -0.497 e. The van der Waals surface area contributed by atoms with Crippen LogP contribution in [0.15, 0.2) is 47.3 Å². The predicted octanol–water partition coefficient (Wildman–Crippen LogP) is 2.69. The van der Waals surface area contributed by atoms with E-state index < -0.39 is 0 Å². The van der Waals surface area contributed by atoms with Gasteiger partial charge in [0.25, 0.3) is 5.56 Å². The zero-order valence-electron chi connectivity index (χ0n) is 22.5. The molecule has 0 spiro atoms. The number of nitrogens with zero attached hydrogens (tertiary/aromatic N) is 6. The van der Waals surface area contributed by atoms with Crippen LogP contribution in [0.1, 0.15) is 34.1 Å². The molecule has 1 saturated heterocycles. The van der Waals surface area contributed by atoms with E-state index >= 15 is 0 Å². The molecule has 4 aromatic rings. The average Bonchev–Trinajstić information content (AvgIpc) is 3.39. The first kappa shape index (κ1) is 26.0.